The van der Waals surface area contributed by atoms with Crippen LogP contribution in [0.3, 0.4) is 0 Å². The van der Waals surface area contributed by atoms with Gasteiger partial charge in [-0.15, -0.1) is 0 Å². The van der Waals surface area contributed by atoms with Crippen molar-refractivity contribution in [2.75, 3.05) is 21.2 Å². The number of nitrogens with zero attached hydrogens (tertiary/aromatic N) is 1. The Balaban J connectivity index is 1.84. The number of carbonyl (C=O) groups excluding carboxylic acids is 2. The number of amides is 1. The zero-order chi connectivity index (χ0) is 26.5. The molecule has 0 radical (unpaired) electrons. The van der Waals surface area contributed by atoms with Gasteiger partial charge in [0.15, 0.2) is 5.78 Å². The third-order valence-electron chi connectivity index (χ3n) is 7.57. The van der Waals surface area contributed by atoms with Crippen molar-refractivity contribution in [1.82, 2.24) is 10.4 Å². The van der Waals surface area contributed by atoms with Crippen LogP contribution in [-0.4, -0.2) is 71.4 Å². The molecule has 1 amide bonds. The number of aromatic hydroxyl groups is 1. The lowest BCUT2D eigenvalue weighted by Gasteiger charge is -2.53. The number of phenolic OH excluding ortho intramolecular Hbond substituents is 1. The summed E-state index contributed by atoms with van der Waals surface area (Å²) in [5, 5.41) is 32.7. The molecule has 1 aromatic rings. The van der Waals surface area contributed by atoms with Crippen LogP contribution in [-0.2, 0) is 32.1 Å². The van der Waals surface area contributed by atoms with E-state index >= 15 is 0 Å². The molecule has 1 saturated carbocycles. The van der Waals surface area contributed by atoms with E-state index in [1.165, 1.54) is 19.2 Å². The molecule has 4 rings (SSSR count). The summed E-state index contributed by atoms with van der Waals surface area (Å²) in [4.78, 5) is 32.0. The number of halogens is 2. The summed E-state index contributed by atoms with van der Waals surface area (Å²) in [6.45, 7) is -3.16. The Morgan fingerprint density at radius 3 is 2.58 bits per heavy atom. The van der Waals surface area contributed by atoms with Gasteiger partial charge in [0.1, 0.15) is 22.9 Å². The number of primary amides is 1. The third-order valence-corrected chi connectivity index (χ3v) is 7.57. The van der Waals surface area contributed by atoms with E-state index in [9.17, 15) is 33.7 Å². The topological polar surface area (TPSA) is 155 Å². The van der Waals surface area contributed by atoms with Gasteiger partial charge in [0.25, 0.3) is 0 Å². The lowest BCUT2D eigenvalue weighted by Crippen LogP contribution is -2.63. The summed E-state index contributed by atoms with van der Waals surface area (Å²) in [6.07, 6.45) is 0.230. The molecule has 10 nitrogen and oxygen atoms in total. The van der Waals surface area contributed by atoms with Crippen LogP contribution in [0.1, 0.15) is 29.5 Å². The minimum absolute atomic E-state index is 0.0316. The van der Waals surface area contributed by atoms with E-state index in [0.29, 0.717) is 11.1 Å². The Morgan fingerprint density at radius 2 is 2.00 bits per heavy atom. The van der Waals surface area contributed by atoms with Gasteiger partial charge in [-0.25, -0.2) is 4.84 Å². The van der Waals surface area contributed by atoms with Crippen molar-refractivity contribution < 1.29 is 43.3 Å². The number of likely N-dealkylation sites (N-methyl/N-ethyl adjacent to an activating group) is 1. The van der Waals surface area contributed by atoms with Crippen LogP contribution < -0.4 is 11.2 Å². The number of Topliss-reactive ketones (excluding diaryl/α,β-unsaturated/α-hetero) is 1. The van der Waals surface area contributed by atoms with Crippen LogP contribution in [0.25, 0.3) is 5.76 Å². The maximum atomic E-state index is 14.0. The summed E-state index contributed by atoms with van der Waals surface area (Å²) in [5.41, 5.74) is 7.04. The molecule has 0 spiro atoms. The smallest absolute Gasteiger partial charge is 0.360 e. The van der Waals surface area contributed by atoms with Crippen LogP contribution in [0.4, 0.5) is 8.78 Å². The molecular weight excluding hydrogens is 480 g/mol. The molecular formula is C24H29F2N3O7. The summed E-state index contributed by atoms with van der Waals surface area (Å²) < 4.78 is 30.6. The maximum absolute atomic E-state index is 14.0. The Hall–Kier alpha value is -3.06. The molecule has 0 saturated heterocycles. The lowest BCUT2D eigenvalue weighted by atomic mass is 9.57. The second-order valence-electron chi connectivity index (χ2n) is 9.54. The molecule has 1 fully saturated rings. The minimum Gasteiger partial charge on any atom is -0.510 e. The lowest BCUT2D eigenvalue weighted by molar-refractivity contribution is -0.175. The number of hydrogen-bond acceptors (Lipinski definition) is 9. The van der Waals surface area contributed by atoms with Gasteiger partial charge in [0.2, 0.25) is 5.91 Å². The number of aliphatic hydroxyl groups is 2. The van der Waals surface area contributed by atoms with Crippen molar-refractivity contribution in [2.24, 2.45) is 17.6 Å². The fraction of sp³-hybridized carbons (Fsp3) is 0.500. The molecule has 6 N–H and O–H groups in total. The van der Waals surface area contributed by atoms with E-state index < -0.39 is 47.5 Å². The Labute approximate surface area is 205 Å². The first-order valence-corrected chi connectivity index (χ1v) is 11.4. The van der Waals surface area contributed by atoms with Crippen molar-refractivity contribution in [3.63, 3.8) is 0 Å². The van der Waals surface area contributed by atoms with Crippen LogP contribution >= 0.6 is 0 Å². The van der Waals surface area contributed by atoms with Gasteiger partial charge in [0.05, 0.1) is 17.2 Å². The predicted molar refractivity (Wildman–Crippen MR) is 123 cm³/mol. The first kappa shape index (κ1) is 26.0. The highest BCUT2D eigenvalue weighted by Gasteiger charge is 2.61. The van der Waals surface area contributed by atoms with E-state index in [1.807, 2.05) is 0 Å². The summed E-state index contributed by atoms with van der Waals surface area (Å²) in [5.74, 6) is -3.50. The number of benzene rings is 1. The van der Waals surface area contributed by atoms with Crippen LogP contribution in [0, 0.1) is 11.8 Å². The van der Waals surface area contributed by atoms with Gasteiger partial charge < -0.3 is 25.8 Å². The molecule has 0 aromatic heterocycles. The Morgan fingerprint density at radius 1 is 1.31 bits per heavy atom. The van der Waals surface area contributed by atoms with E-state index in [1.54, 1.807) is 19.0 Å². The summed E-state index contributed by atoms with van der Waals surface area (Å²) in [6, 6.07) is 2.06. The highest BCUT2D eigenvalue weighted by molar-refractivity contribution is 6.10. The average Bonchev–Trinajstić information content (AvgIpc) is 2.79. The normalized spacial score (nSPS) is 27.9. The molecule has 12 heteroatoms. The number of hydrogen-bond donors (Lipinski definition) is 5. The van der Waals surface area contributed by atoms with E-state index in [-0.39, 0.29) is 54.0 Å². The fourth-order valence-corrected chi connectivity index (χ4v) is 6.04. The number of carbonyl (C=O) groups is 2. The molecule has 0 aliphatic heterocycles. The number of fused-ring (bicyclic) bond motifs is 3. The first-order valence-electron chi connectivity index (χ1n) is 11.4. The van der Waals surface area contributed by atoms with E-state index in [2.05, 4.69) is 10.3 Å². The van der Waals surface area contributed by atoms with Gasteiger partial charge in [0, 0.05) is 31.6 Å². The molecule has 4 atom stereocenters. The zero-order valence-electron chi connectivity index (χ0n) is 20.0. The number of phenols is 1. The summed E-state index contributed by atoms with van der Waals surface area (Å²) >= 11 is 0. The number of ketones is 1. The third kappa shape index (κ3) is 3.94. The van der Waals surface area contributed by atoms with Crippen molar-refractivity contribution in [3.8, 4) is 5.75 Å². The predicted octanol–water partition coefficient (Wildman–Crippen LogP) is 1.68. The van der Waals surface area contributed by atoms with E-state index in [4.69, 9.17) is 10.5 Å². The van der Waals surface area contributed by atoms with Crippen molar-refractivity contribution in [2.45, 2.75) is 44.1 Å². The SMILES string of the molecule is CO[C@@]12CC(C(N)=O)=C(O)[C@@H](N(C)C)[C@@H]1C[C@@H]1Cc3c(CNOC(F)F)ccc(O)c3C(O)=C1C2=O. The van der Waals surface area contributed by atoms with Crippen molar-refractivity contribution in [1.29, 1.82) is 0 Å². The quantitative estimate of drug-likeness (QED) is 0.345. The molecule has 0 bridgehead atoms. The number of hydroxylamine groups is 1. The summed E-state index contributed by atoms with van der Waals surface area (Å²) in [7, 11) is 4.72. The average molecular weight is 510 g/mol. The molecule has 3 aliphatic carbocycles. The number of alkyl halides is 2. The number of aliphatic hydroxyl groups excluding tert-OH is 2. The van der Waals surface area contributed by atoms with E-state index in [0.717, 1.165) is 0 Å². The molecule has 1 aromatic carbocycles. The Kier molecular flexibility index (Phi) is 6.82. The van der Waals surface area contributed by atoms with Gasteiger partial charge >= 0.3 is 6.61 Å². The van der Waals surface area contributed by atoms with Gasteiger partial charge in [-0.3, -0.25) is 14.5 Å². The van der Waals surface area contributed by atoms with Crippen LogP contribution in [0.5, 0.6) is 5.75 Å². The van der Waals surface area contributed by atoms with Gasteiger partial charge in [-0.1, -0.05) is 6.07 Å². The molecule has 0 unspecified atom stereocenters. The first-order chi connectivity index (χ1) is 16.9. The number of nitrogens with one attached hydrogen (secondary N) is 1. The molecule has 36 heavy (non-hydrogen) atoms. The fourth-order valence-electron chi connectivity index (χ4n) is 6.04. The van der Waals surface area contributed by atoms with Gasteiger partial charge in [-0.05, 0) is 50.0 Å². The molecule has 0 heterocycles. The molecule has 3 aliphatic rings. The number of methoxy groups -OCH3 is 1. The molecule has 196 valence electrons. The number of rotatable bonds is 7. The number of nitrogens with two attached hydrogens (primary N) is 1. The van der Waals surface area contributed by atoms with Crippen molar-refractivity contribution >= 4 is 17.4 Å². The minimum atomic E-state index is -3.03. The van der Waals surface area contributed by atoms with Crippen LogP contribution in [0.15, 0.2) is 29.0 Å². The Bertz CT molecular complexity index is 1170. The van der Waals surface area contributed by atoms with Gasteiger partial charge in [-0.2, -0.15) is 14.3 Å². The zero-order valence-corrected chi connectivity index (χ0v) is 20.0. The number of ether oxygens (including phenoxy) is 1. The standard InChI is InChI=1S/C24H29F2N3O7/c1-29(2)18-14-7-11-6-12-10(9-28-36-23(25)26)4-5-15(30)17(12)20(32)16(11)21(33)24(14,35-3)8-13(19(18)31)22(27)34/h4-5,11,14,18,23,28,30-32H,6-9H2,1-3H3,(H2,27,34)/t11-,14-,18-,24-/m0/s1. The van der Waals surface area contributed by atoms with Crippen LogP contribution in [0.2, 0.25) is 0 Å². The highest BCUT2D eigenvalue weighted by atomic mass is 19.3. The maximum Gasteiger partial charge on any atom is 0.360 e. The monoisotopic (exact) mass is 509 g/mol. The second-order valence-corrected chi connectivity index (χ2v) is 9.54. The van der Waals surface area contributed by atoms with Crippen molar-refractivity contribution in [3.05, 3.63) is 45.7 Å². The second kappa shape index (κ2) is 9.43. The largest absolute Gasteiger partial charge is 0.510 e. The highest BCUT2D eigenvalue weighted by Crippen LogP contribution is 2.54.